The van der Waals surface area contributed by atoms with Crippen molar-refractivity contribution in [1.82, 2.24) is 20.9 Å². The molecule has 1 aromatic heterocycles. The van der Waals surface area contributed by atoms with E-state index in [2.05, 4.69) is 20.9 Å². The minimum absolute atomic E-state index is 0.125. The number of pyridine rings is 1. The number of nitrogens with one attached hydrogen (secondary N) is 4. The fraction of sp³-hybridized carbons (Fsp3) is 0.417. The van der Waals surface area contributed by atoms with E-state index in [4.69, 9.17) is 9.47 Å². The average Bonchev–Trinajstić information content (AvgIpc) is 2.84. The Morgan fingerprint density at radius 3 is 2.71 bits per heavy atom. The molecule has 0 unspecified atom stereocenters. The van der Waals surface area contributed by atoms with E-state index in [0.29, 0.717) is 60.5 Å². The van der Waals surface area contributed by atoms with Crippen molar-refractivity contribution >= 4 is 17.7 Å². The van der Waals surface area contributed by atoms with E-state index in [-0.39, 0.29) is 30.5 Å². The molecule has 2 heterocycles. The molecule has 0 radical (unpaired) electrons. The number of benzene rings is 1. The van der Waals surface area contributed by atoms with E-state index in [9.17, 15) is 19.2 Å². The first kappa shape index (κ1) is 24.8. The average molecular weight is 471 g/mol. The highest BCUT2D eigenvalue weighted by atomic mass is 16.5. The second-order valence-electron chi connectivity index (χ2n) is 7.85. The van der Waals surface area contributed by atoms with Crippen LogP contribution in [0.15, 0.2) is 35.1 Å². The third kappa shape index (κ3) is 6.37. The zero-order chi connectivity index (χ0) is 24.5. The number of methoxy groups -OCH3 is 1. The number of carbonyl (C=O) groups is 3. The molecule has 1 atom stereocenters. The van der Waals surface area contributed by atoms with Gasteiger partial charge in [-0.25, -0.2) is 0 Å². The van der Waals surface area contributed by atoms with Crippen molar-refractivity contribution in [3.63, 3.8) is 0 Å². The van der Waals surface area contributed by atoms with Gasteiger partial charge in [0.05, 0.1) is 24.8 Å². The second-order valence-corrected chi connectivity index (χ2v) is 7.85. The molecule has 3 rings (SSSR count). The van der Waals surface area contributed by atoms with Crippen LogP contribution in [-0.4, -0.2) is 55.6 Å². The number of ether oxygens (including phenoxy) is 2. The number of aryl methyl sites for hydroxylation is 1. The summed E-state index contributed by atoms with van der Waals surface area (Å²) >= 11 is 0. The fourth-order valence-electron chi connectivity index (χ4n) is 3.68. The summed E-state index contributed by atoms with van der Waals surface area (Å²) in [6.45, 7) is 2.55. The lowest BCUT2D eigenvalue weighted by Crippen LogP contribution is -2.48. The fourth-order valence-corrected chi connectivity index (χ4v) is 3.68. The van der Waals surface area contributed by atoms with Gasteiger partial charge >= 0.3 is 0 Å². The van der Waals surface area contributed by atoms with Crippen LogP contribution >= 0.6 is 0 Å². The summed E-state index contributed by atoms with van der Waals surface area (Å²) in [4.78, 5) is 52.5. The van der Waals surface area contributed by atoms with Crippen molar-refractivity contribution in [3.05, 3.63) is 57.5 Å². The first-order valence-corrected chi connectivity index (χ1v) is 11.3. The SMILES string of the molecule is CCc1[nH]c(=O)ccc1C(=O)N[C@H]1CCCCNC(=O)c2ccc(OC)cc2OCCNC1=O. The van der Waals surface area contributed by atoms with E-state index in [0.717, 1.165) is 0 Å². The molecule has 0 aliphatic carbocycles. The molecule has 2 aromatic rings. The number of aromatic nitrogens is 1. The number of aromatic amines is 1. The van der Waals surface area contributed by atoms with Gasteiger partial charge in [-0.1, -0.05) is 6.92 Å². The van der Waals surface area contributed by atoms with Crippen LogP contribution in [-0.2, 0) is 11.2 Å². The highest BCUT2D eigenvalue weighted by Gasteiger charge is 2.23. The molecule has 0 fully saturated rings. The summed E-state index contributed by atoms with van der Waals surface area (Å²) in [5, 5.41) is 8.43. The van der Waals surface area contributed by atoms with Crippen molar-refractivity contribution in [1.29, 1.82) is 0 Å². The number of fused-ring (bicyclic) bond motifs is 1. The highest BCUT2D eigenvalue weighted by molar-refractivity contribution is 5.98. The molecule has 10 nitrogen and oxygen atoms in total. The van der Waals surface area contributed by atoms with Gasteiger partial charge in [0.1, 0.15) is 24.1 Å². The topological polar surface area (TPSA) is 139 Å². The predicted octanol–water partition coefficient (Wildman–Crippen LogP) is 1.15. The second kappa shape index (κ2) is 11.9. The summed E-state index contributed by atoms with van der Waals surface area (Å²) in [7, 11) is 1.52. The van der Waals surface area contributed by atoms with Gasteiger partial charge in [-0.3, -0.25) is 19.2 Å². The standard InChI is InChI=1S/C24H30N4O6/c1-3-18-16(9-10-21(29)27-18)23(31)28-19-6-4-5-11-25-22(30)17-8-7-15(33-2)14-20(17)34-13-12-26-24(19)32/h7-10,14,19H,3-6,11-13H2,1-2H3,(H,25,30)(H,26,32)(H,27,29)(H,28,31)/t19-/m0/s1. The summed E-state index contributed by atoms with van der Waals surface area (Å²) in [6, 6.07) is 6.93. The number of amides is 3. The minimum atomic E-state index is -0.768. The van der Waals surface area contributed by atoms with Crippen LogP contribution in [0.3, 0.4) is 0 Å². The van der Waals surface area contributed by atoms with Gasteiger partial charge in [0, 0.05) is 24.4 Å². The van der Waals surface area contributed by atoms with Gasteiger partial charge in [0.15, 0.2) is 0 Å². The number of carbonyl (C=O) groups excluding carboxylic acids is 3. The third-order valence-corrected chi connectivity index (χ3v) is 5.52. The van der Waals surface area contributed by atoms with Crippen LogP contribution in [0.4, 0.5) is 0 Å². The molecule has 10 heteroatoms. The zero-order valence-corrected chi connectivity index (χ0v) is 19.4. The Hall–Kier alpha value is -3.82. The molecule has 0 spiro atoms. The Bertz CT molecular complexity index is 1100. The maximum atomic E-state index is 12.9. The van der Waals surface area contributed by atoms with Crippen molar-refractivity contribution in [2.45, 2.75) is 38.6 Å². The van der Waals surface area contributed by atoms with Gasteiger partial charge in [0.2, 0.25) is 11.5 Å². The van der Waals surface area contributed by atoms with Gasteiger partial charge < -0.3 is 30.4 Å². The van der Waals surface area contributed by atoms with Crippen molar-refractivity contribution < 1.29 is 23.9 Å². The first-order chi connectivity index (χ1) is 16.4. The number of rotatable bonds is 4. The molecular weight excluding hydrogens is 440 g/mol. The Balaban J connectivity index is 1.71. The lowest BCUT2D eigenvalue weighted by atomic mass is 10.1. The zero-order valence-electron chi connectivity index (χ0n) is 19.4. The number of hydrogen-bond acceptors (Lipinski definition) is 6. The molecule has 1 aromatic carbocycles. The molecule has 3 amide bonds. The van der Waals surface area contributed by atoms with E-state index >= 15 is 0 Å². The van der Waals surface area contributed by atoms with Crippen molar-refractivity contribution in [2.24, 2.45) is 0 Å². The van der Waals surface area contributed by atoms with E-state index in [1.165, 1.54) is 19.2 Å². The molecule has 0 saturated heterocycles. The molecule has 34 heavy (non-hydrogen) atoms. The summed E-state index contributed by atoms with van der Waals surface area (Å²) in [5.74, 6) is -0.105. The van der Waals surface area contributed by atoms with Gasteiger partial charge in [-0.05, 0) is 43.9 Å². The van der Waals surface area contributed by atoms with Crippen LogP contribution < -0.4 is 31.0 Å². The third-order valence-electron chi connectivity index (χ3n) is 5.52. The Morgan fingerprint density at radius 1 is 1.12 bits per heavy atom. The Kier molecular flexibility index (Phi) is 8.66. The minimum Gasteiger partial charge on any atom is -0.497 e. The van der Waals surface area contributed by atoms with E-state index < -0.39 is 11.9 Å². The molecule has 1 aliphatic heterocycles. The number of H-pyrrole nitrogens is 1. The van der Waals surface area contributed by atoms with Crippen molar-refractivity contribution in [2.75, 3.05) is 26.8 Å². The first-order valence-electron chi connectivity index (χ1n) is 11.3. The molecule has 0 bridgehead atoms. The van der Waals surface area contributed by atoms with Gasteiger partial charge in [0.25, 0.3) is 11.8 Å². The highest BCUT2D eigenvalue weighted by Crippen LogP contribution is 2.25. The Morgan fingerprint density at radius 2 is 1.94 bits per heavy atom. The monoisotopic (exact) mass is 470 g/mol. The molecule has 182 valence electrons. The van der Waals surface area contributed by atoms with Crippen LogP contribution in [0.1, 0.15) is 52.6 Å². The lowest BCUT2D eigenvalue weighted by molar-refractivity contribution is -0.123. The Labute approximate surface area is 197 Å². The van der Waals surface area contributed by atoms with E-state index in [1.54, 1.807) is 18.2 Å². The maximum absolute atomic E-state index is 12.9. The summed E-state index contributed by atoms with van der Waals surface area (Å²) < 4.78 is 11.0. The van der Waals surface area contributed by atoms with Crippen LogP contribution in [0.5, 0.6) is 11.5 Å². The van der Waals surface area contributed by atoms with Crippen LogP contribution in [0.2, 0.25) is 0 Å². The summed E-state index contributed by atoms with van der Waals surface area (Å²) in [5.41, 5.74) is 0.944. The van der Waals surface area contributed by atoms with Gasteiger partial charge in [-0.2, -0.15) is 0 Å². The van der Waals surface area contributed by atoms with Gasteiger partial charge in [-0.15, -0.1) is 0 Å². The van der Waals surface area contributed by atoms with E-state index in [1.807, 2.05) is 6.92 Å². The van der Waals surface area contributed by atoms with Crippen LogP contribution in [0.25, 0.3) is 0 Å². The molecule has 4 N–H and O–H groups in total. The summed E-state index contributed by atoms with van der Waals surface area (Å²) in [6.07, 6.45) is 2.10. The quantitative estimate of drug-likeness (QED) is 0.529. The normalized spacial score (nSPS) is 17.3. The number of hydrogen-bond donors (Lipinski definition) is 4. The lowest BCUT2D eigenvalue weighted by Gasteiger charge is -2.20. The smallest absolute Gasteiger partial charge is 0.255 e. The molecule has 0 saturated carbocycles. The predicted molar refractivity (Wildman–Crippen MR) is 125 cm³/mol. The maximum Gasteiger partial charge on any atom is 0.255 e. The largest absolute Gasteiger partial charge is 0.497 e. The molecular formula is C24H30N4O6. The molecule has 1 aliphatic rings. The van der Waals surface area contributed by atoms with Crippen LogP contribution in [0, 0.1) is 0 Å². The van der Waals surface area contributed by atoms with Crippen molar-refractivity contribution in [3.8, 4) is 11.5 Å².